The molecule has 0 saturated carbocycles. The molecule has 0 aliphatic rings. The molecular formula is C17H11FN2. The van der Waals surface area contributed by atoms with Crippen LogP contribution in [0.1, 0.15) is 16.7 Å². The molecule has 96 valence electrons. The molecule has 0 bridgehead atoms. The molecule has 0 aliphatic heterocycles. The fourth-order valence-corrected chi connectivity index (χ4v) is 2.16. The Bertz CT molecular complexity index is 838. The predicted molar refractivity (Wildman–Crippen MR) is 78.3 cm³/mol. The predicted octanol–water partition coefficient (Wildman–Crippen LogP) is 4.35. The van der Waals surface area contributed by atoms with Crippen molar-refractivity contribution in [3.8, 4) is 6.07 Å². The van der Waals surface area contributed by atoms with Crippen molar-refractivity contribution in [3.05, 3.63) is 71.2 Å². The molecule has 0 atom stereocenters. The fourth-order valence-electron chi connectivity index (χ4n) is 2.16. The zero-order chi connectivity index (χ0) is 13.9. The second-order valence-corrected chi connectivity index (χ2v) is 4.50. The van der Waals surface area contributed by atoms with Crippen molar-refractivity contribution in [3.63, 3.8) is 0 Å². The summed E-state index contributed by atoms with van der Waals surface area (Å²) in [5.41, 5.74) is 3.35. The zero-order valence-electron chi connectivity index (χ0n) is 10.6. The fraction of sp³-hybridized carbons (Fsp3) is 0. The van der Waals surface area contributed by atoms with Crippen LogP contribution in [0.15, 0.2) is 48.7 Å². The first kappa shape index (κ1) is 12.2. The van der Waals surface area contributed by atoms with E-state index in [1.165, 1.54) is 12.1 Å². The highest BCUT2D eigenvalue weighted by molar-refractivity contribution is 5.91. The summed E-state index contributed by atoms with van der Waals surface area (Å²) in [6.45, 7) is 0. The first-order chi connectivity index (χ1) is 9.76. The molecular weight excluding hydrogens is 251 g/mol. The van der Waals surface area contributed by atoms with E-state index < -0.39 is 0 Å². The van der Waals surface area contributed by atoms with Crippen LogP contribution < -0.4 is 0 Å². The van der Waals surface area contributed by atoms with E-state index >= 15 is 0 Å². The molecule has 0 spiro atoms. The molecule has 0 saturated heterocycles. The van der Waals surface area contributed by atoms with Gasteiger partial charge in [0.25, 0.3) is 0 Å². The van der Waals surface area contributed by atoms with Crippen molar-refractivity contribution in [1.82, 2.24) is 4.98 Å². The zero-order valence-corrected chi connectivity index (χ0v) is 10.6. The standard InChI is InChI=1S/C17H11FN2/c18-15-6-7-16-14(11-20-17(16)9-15)5-4-12-2-1-3-13(8-12)10-19/h1-9,11,20H/b5-4+. The molecule has 3 heteroatoms. The average molecular weight is 262 g/mol. The Morgan fingerprint density at radius 3 is 2.85 bits per heavy atom. The summed E-state index contributed by atoms with van der Waals surface area (Å²) in [4.78, 5) is 3.04. The third kappa shape index (κ3) is 2.32. The normalized spacial score (nSPS) is 11.0. The van der Waals surface area contributed by atoms with Gasteiger partial charge in [-0.15, -0.1) is 0 Å². The van der Waals surface area contributed by atoms with Gasteiger partial charge in [0.15, 0.2) is 0 Å². The van der Waals surface area contributed by atoms with Crippen LogP contribution >= 0.6 is 0 Å². The number of halogens is 1. The van der Waals surface area contributed by atoms with Crippen molar-refractivity contribution in [2.45, 2.75) is 0 Å². The van der Waals surface area contributed by atoms with Gasteiger partial charge in [0, 0.05) is 17.1 Å². The van der Waals surface area contributed by atoms with Gasteiger partial charge in [-0.25, -0.2) is 4.39 Å². The number of nitrogens with zero attached hydrogens (tertiary/aromatic N) is 1. The number of hydrogen-bond donors (Lipinski definition) is 1. The summed E-state index contributed by atoms with van der Waals surface area (Å²) in [6, 6.07) is 14.2. The van der Waals surface area contributed by atoms with Crippen LogP contribution in [-0.2, 0) is 0 Å². The van der Waals surface area contributed by atoms with Crippen LogP contribution in [0, 0.1) is 17.1 Å². The lowest BCUT2D eigenvalue weighted by Crippen LogP contribution is -1.76. The number of H-pyrrole nitrogens is 1. The number of nitriles is 1. The largest absolute Gasteiger partial charge is 0.360 e. The third-order valence-corrected chi connectivity index (χ3v) is 3.15. The van der Waals surface area contributed by atoms with Crippen LogP contribution in [-0.4, -0.2) is 4.98 Å². The van der Waals surface area contributed by atoms with E-state index in [0.29, 0.717) is 5.56 Å². The molecule has 0 aliphatic carbocycles. The van der Waals surface area contributed by atoms with E-state index in [0.717, 1.165) is 22.0 Å². The Balaban J connectivity index is 1.96. The average Bonchev–Trinajstić information content (AvgIpc) is 2.87. The van der Waals surface area contributed by atoms with Gasteiger partial charge >= 0.3 is 0 Å². The Morgan fingerprint density at radius 2 is 2.00 bits per heavy atom. The Hall–Kier alpha value is -2.86. The molecule has 0 unspecified atom stereocenters. The van der Waals surface area contributed by atoms with Gasteiger partial charge < -0.3 is 4.98 Å². The quantitative estimate of drug-likeness (QED) is 0.732. The topological polar surface area (TPSA) is 39.6 Å². The summed E-state index contributed by atoms with van der Waals surface area (Å²) in [7, 11) is 0. The van der Waals surface area contributed by atoms with E-state index in [-0.39, 0.29) is 5.82 Å². The van der Waals surface area contributed by atoms with Gasteiger partial charge in [0.05, 0.1) is 11.6 Å². The molecule has 1 aromatic heterocycles. The molecule has 0 fully saturated rings. The number of aromatic nitrogens is 1. The van der Waals surface area contributed by atoms with Gasteiger partial charge in [0.2, 0.25) is 0 Å². The summed E-state index contributed by atoms with van der Waals surface area (Å²) >= 11 is 0. The highest BCUT2D eigenvalue weighted by atomic mass is 19.1. The number of hydrogen-bond acceptors (Lipinski definition) is 1. The van der Waals surface area contributed by atoms with E-state index in [1.54, 1.807) is 12.1 Å². The second kappa shape index (κ2) is 5.02. The Morgan fingerprint density at radius 1 is 1.10 bits per heavy atom. The maximum atomic E-state index is 13.1. The van der Waals surface area contributed by atoms with Crippen LogP contribution in [0.4, 0.5) is 4.39 Å². The summed E-state index contributed by atoms with van der Waals surface area (Å²) in [5.74, 6) is -0.253. The minimum absolute atomic E-state index is 0.253. The molecule has 20 heavy (non-hydrogen) atoms. The number of benzene rings is 2. The number of fused-ring (bicyclic) bond motifs is 1. The van der Waals surface area contributed by atoms with Gasteiger partial charge in [-0.3, -0.25) is 0 Å². The van der Waals surface area contributed by atoms with Crippen LogP contribution in [0.2, 0.25) is 0 Å². The smallest absolute Gasteiger partial charge is 0.125 e. The van der Waals surface area contributed by atoms with E-state index in [4.69, 9.17) is 5.26 Å². The highest BCUT2D eigenvalue weighted by Gasteiger charge is 2.01. The van der Waals surface area contributed by atoms with Crippen LogP contribution in [0.25, 0.3) is 23.1 Å². The maximum Gasteiger partial charge on any atom is 0.125 e. The maximum absolute atomic E-state index is 13.1. The lowest BCUT2D eigenvalue weighted by atomic mass is 10.1. The lowest BCUT2D eigenvalue weighted by molar-refractivity contribution is 0.629. The molecule has 0 amide bonds. The molecule has 0 radical (unpaired) electrons. The van der Waals surface area contributed by atoms with Crippen molar-refractivity contribution in [2.75, 3.05) is 0 Å². The van der Waals surface area contributed by atoms with E-state index in [2.05, 4.69) is 11.1 Å². The SMILES string of the molecule is N#Cc1cccc(/C=C/c2c[nH]c3cc(F)ccc23)c1. The van der Waals surface area contributed by atoms with Crippen molar-refractivity contribution in [1.29, 1.82) is 5.26 Å². The van der Waals surface area contributed by atoms with Gasteiger partial charge in [-0.1, -0.05) is 24.3 Å². The minimum Gasteiger partial charge on any atom is -0.360 e. The van der Waals surface area contributed by atoms with Crippen molar-refractivity contribution < 1.29 is 4.39 Å². The monoisotopic (exact) mass is 262 g/mol. The van der Waals surface area contributed by atoms with Crippen LogP contribution in [0.5, 0.6) is 0 Å². The van der Waals surface area contributed by atoms with E-state index in [9.17, 15) is 4.39 Å². The van der Waals surface area contributed by atoms with Gasteiger partial charge in [-0.2, -0.15) is 5.26 Å². The third-order valence-electron chi connectivity index (χ3n) is 3.15. The van der Waals surface area contributed by atoms with Gasteiger partial charge in [0.1, 0.15) is 5.82 Å². The first-order valence-electron chi connectivity index (χ1n) is 6.21. The van der Waals surface area contributed by atoms with Crippen molar-refractivity contribution in [2.24, 2.45) is 0 Å². The van der Waals surface area contributed by atoms with E-state index in [1.807, 2.05) is 36.5 Å². The summed E-state index contributed by atoms with van der Waals surface area (Å²) in [6.07, 6.45) is 5.73. The molecule has 1 N–H and O–H groups in total. The van der Waals surface area contributed by atoms with Crippen molar-refractivity contribution >= 4 is 23.1 Å². The summed E-state index contributed by atoms with van der Waals surface area (Å²) in [5, 5.41) is 9.84. The Kier molecular flexibility index (Phi) is 3.06. The number of rotatable bonds is 2. The molecule has 3 aromatic rings. The molecule has 1 heterocycles. The Labute approximate surface area is 115 Å². The summed E-state index contributed by atoms with van der Waals surface area (Å²) < 4.78 is 13.1. The number of aromatic amines is 1. The molecule has 2 nitrogen and oxygen atoms in total. The van der Waals surface area contributed by atoms with Gasteiger partial charge in [-0.05, 0) is 41.5 Å². The highest BCUT2D eigenvalue weighted by Crippen LogP contribution is 2.21. The lowest BCUT2D eigenvalue weighted by Gasteiger charge is -1.95. The second-order valence-electron chi connectivity index (χ2n) is 4.50. The molecule has 2 aromatic carbocycles. The number of nitrogens with one attached hydrogen (secondary N) is 1. The minimum atomic E-state index is -0.253. The van der Waals surface area contributed by atoms with Crippen LogP contribution in [0.3, 0.4) is 0 Å². The molecule has 3 rings (SSSR count). The first-order valence-corrected chi connectivity index (χ1v) is 6.21.